The van der Waals surface area contributed by atoms with Gasteiger partial charge >= 0.3 is 0 Å². The monoisotopic (exact) mass is 249 g/mol. The van der Waals surface area contributed by atoms with Gasteiger partial charge < -0.3 is 9.47 Å². The lowest BCUT2D eigenvalue weighted by Crippen LogP contribution is -2.44. The van der Waals surface area contributed by atoms with Crippen LogP contribution in [-0.4, -0.2) is 35.0 Å². The third kappa shape index (κ3) is 5.75. The highest BCUT2D eigenvalue weighted by Gasteiger charge is 2.24. The molecule has 0 radical (unpaired) electrons. The number of hydrogen-bond acceptors (Lipinski definition) is 3. The summed E-state index contributed by atoms with van der Waals surface area (Å²) in [6, 6.07) is -0.0762. The number of methoxy groups -OCH3 is 1. The minimum absolute atomic E-state index is 0.0762. The molecule has 3 atom stereocenters. The Morgan fingerprint density at radius 1 is 1.50 bits per heavy atom. The lowest BCUT2D eigenvalue weighted by molar-refractivity contribution is -0.0620. The predicted molar refractivity (Wildman–Crippen MR) is 67.4 cm³/mol. The van der Waals surface area contributed by atoms with Crippen LogP contribution in [0.2, 0.25) is 0 Å². The third-order valence-corrected chi connectivity index (χ3v) is 3.65. The highest BCUT2D eigenvalue weighted by atomic mass is 32.2. The molecule has 5 heteroatoms. The summed E-state index contributed by atoms with van der Waals surface area (Å²) in [4.78, 5) is 0. The molecule has 0 aromatic carbocycles. The van der Waals surface area contributed by atoms with E-state index in [0.29, 0.717) is 0 Å². The molecule has 0 saturated heterocycles. The quantitative estimate of drug-likeness (QED) is 0.551. The molecule has 0 unspecified atom stereocenters. The normalized spacial score (nSPS) is 17.8. The fourth-order valence-corrected chi connectivity index (χ4v) is 1.80. The molecule has 0 saturated carbocycles. The van der Waals surface area contributed by atoms with Gasteiger partial charge in [0, 0.05) is 13.2 Å². The van der Waals surface area contributed by atoms with Crippen molar-refractivity contribution in [2.75, 3.05) is 13.9 Å². The van der Waals surface area contributed by atoms with Crippen LogP contribution in [0.1, 0.15) is 27.7 Å². The van der Waals surface area contributed by atoms with Crippen LogP contribution in [0.5, 0.6) is 0 Å². The molecular formula is C11H23NO3S. The zero-order valence-electron chi connectivity index (χ0n) is 10.8. The smallest absolute Gasteiger partial charge is 0.147 e. The molecule has 0 aromatic heterocycles. The Balaban J connectivity index is 4.25. The van der Waals surface area contributed by atoms with Gasteiger partial charge in [-0.1, -0.05) is 6.08 Å². The van der Waals surface area contributed by atoms with Gasteiger partial charge in [0.05, 0.1) is 21.8 Å². The van der Waals surface area contributed by atoms with Gasteiger partial charge in [-0.3, -0.25) is 0 Å². The molecule has 0 amide bonds. The van der Waals surface area contributed by atoms with Crippen LogP contribution < -0.4 is 4.72 Å². The lowest BCUT2D eigenvalue weighted by Gasteiger charge is -2.25. The molecule has 0 aliphatic rings. The number of ether oxygens (including phenoxy) is 2. The van der Waals surface area contributed by atoms with Gasteiger partial charge in [-0.25, -0.2) is 8.93 Å². The van der Waals surface area contributed by atoms with Gasteiger partial charge in [0.25, 0.3) is 0 Å². The average Bonchev–Trinajstić information content (AvgIpc) is 2.17. The van der Waals surface area contributed by atoms with Crippen molar-refractivity contribution in [3.05, 3.63) is 12.7 Å². The van der Waals surface area contributed by atoms with E-state index >= 15 is 0 Å². The topological polar surface area (TPSA) is 47.6 Å². The molecular weight excluding hydrogens is 226 g/mol. The van der Waals surface area contributed by atoms with Crippen molar-refractivity contribution in [1.82, 2.24) is 4.72 Å². The Hall–Kier alpha value is -0.230. The summed E-state index contributed by atoms with van der Waals surface area (Å²) in [5, 5.41) is 0. The van der Waals surface area contributed by atoms with Gasteiger partial charge in [0.15, 0.2) is 0 Å². The number of nitrogens with one attached hydrogen (secondary N) is 1. The van der Waals surface area contributed by atoms with E-state index in [1.807, 2.05) is 27.7 Å². The second-order valence-electron chi connectivity index (χ2n) is 4.56. The molecule has 0 aliphatic heterocycles. The molecule has 0 heterocycles. The summed E-state index contributed by atoms with van der Waals surface area (Å²) in [5.41, 5.74) is 0. The Labute approximate surface area is 101 Å². The first-order chi connectivity index (χ1) is 7.32. The van der Waals surface area contributed by atoms with Crippen LogP contribution in [0.4, 0.5) is 0 Å². The van der Waals surface area contributed by atoms with E-state index in [1.54, 1.807) is 13.2 Å². The van der Waals surface area contributed by atoms with Crippen molar-refractivity contribution in [3.8, 4) is 0 Å². The molecule has 0 aliphatic carbocycles. The van der Waals surface area contributed by atoms with Crippen LogP contribution in [0.15, 0.2) is 12.7 Å². The zero-order valence-corrected chi connectivity index (χ0v) is 11.6. The number of rotatable bonds is 7. The van der Waals surface area contributed by atoms with Gasteiger partial charge in [-0.2, -0.15) is 0 Å². The Kier molecular flexibility index (Phi) is 7.06. The van der Waals surface area contributed by atoms with Crippen LogP contribution in [0, 0.1) is 0 Å². The van der Waals surface area contributed by atoms with E-state index in [2.05, 4.69) is 11.3 Å². The molecule has 1 N–H and O–H groups in total. The van der Waals surface area contributed by atoms with Gasteiger partial charge in [0.1, 0.15) is 6.79 Å². The fraction of sp³-hybridized carbons (Fsp3) is 0.818. The molecule has 0 spiro atoms. The van der Waals surface area contributed by atoms with E-state index < -0.39 is 11.0 Å². The van der Waals surface area contributed by atoms with Gasteiger partial charge in [0.2, 0.25) is 0 Å². The standard InChI is InChI=1S/C11H23NO3S/c1-7-10(15-8-14-6)9(2)12-16(13)11(3,4)5/h7,9-10,12H,1,8H2,2-6H3/t9-,10+,16+/m0/s1. The molecule has 0 rings (SSSR count). The summed E-state index contributed by atoms with van der Waals surface area (Å²) in [5.74, 6) is 0. The maximum atomic E-state index is 11.8. The molecule has 0 bridgehead atoms. The molecule has 0 aromatic rings. The third-order valence-electron chi connectivity index (χ3n) is 1.95. The predicted octanol–water partition coefficient (Wildman–Crippen LogP) is 1.60. The molecule has 4 nitrogen and oxygen atoms in total. The average molecular weight is 249 g/mol. The van der Waals surface area contributed by atoms with Crippen molar-refractivity contribution in [1.29, 1.82) is 0 Å². The number of hydrogen-bond donors (Lipinski definition) is 1. The zero-order chi connectivity index (χ0) is 12.8. The maximum Gasteiger partial charge on any atom is 0.147 e. The van der Waals surface area contributed by atoms with E-state index in [4.69, 9.17) is 9.47 Å². The minimum Gasteiger partial charge on any atom is -0.359 e. The second-order valence-corrected chi connectivity index (χ2v) is 6.56. The maximum absolute atomic E-state index is 11.8. The summed E-state index contributed by atoms with van der Waals surface area (Å²) in [6.45, 7) is 11.5. The molecule has 0 fully saturated rings. The van der Waals surface area contributed by atoms with Crippen LogP contribution in [0.3, 0.4) is 0 Å². The van der Waals surface area contributed by atoms with Crippen LogP contribution in [-0.2, 0) is 20.5 Å². The van der Waals surface area contributed by atoms with Crippen LogP contribution >= 0.6 is 0 Å². The first-order valence-electron chi connectivity index (χ1n) is 5.24. The highest BCUT2D eigenvalue weighted by Crippen LogP contribution is 2.11. The van der Waals surface area contributed by atoms with E-state index in [9.17, 15) is 4.21 Å². The van der Waals surface area contributed by atoms with E-state index in [-0.39, 0.29) is 23.7 Å². The summed E-state index contributed by atoms with van der Waals surface area (Å²) in [6.07, 6.45) is 1.46. The molecule has 16 heavy (non-hydrogen) atoms. The minimum atomic E-state index is -1.11. The van der Waals surface area contributed by atoms with E-state index in [0.717, 1.165) is 0 Å². The first kappa shape index (κ1) is 15.8. The Morgan fingerprint density at radius 3 is 2.44 bits per heavy atom. The Morgan fingerprint density at radius 2 is 2.06 bits per heavy atom. The van der Waals surface area contributed by atoms with Gasteiger partial charge in [-0.15, -0.1) is 6.58 Å². The highest BCUT2D eigenvalue weighted by molar-refractivity contribution is 7.84. The summed E-state index contributed by atoms with van der Waals surface area (Å²) in [7, 11) is 0.447. The lowest BCUT2D eigenvalue weighted by atomic mass is 10.2. The van der Waals surface area contributed by atoms with Crippen LogP contribution in [0.25, 0.3) is 0 Å². The SMILES string of the molecule is C=C[C@@H](OCOC)[C@H](C)N[S@](=O)C(C)(C)C. The van der Waals surface area contributed by atoms with Crippen molar-refractivity contribution in [2.24, 2.45) is 0 Å². The van der Waals surface area contributed by atoms with Crippen molar-refractivity contribution >= 4 is 11.0 Å². The van der Waals surface area contributed by atoms with Gasteiger partial charge in [-0.05, 0) is 27.7 Å². The second kappa shape index (κ2) is 7.17. The first-order valence-corrected chi connectivity index (χ1v) is 6.39. The summed E-state index contributed by atoms with van der Waals surface area (Å²) < 4.78 is 24.8. The van der Waals surface area contributed by atoms with Crippen molar-refractivity contribution in [2.45, 2.75) is 44.6 Å². The van der Waals surface area contributed by atoms with Crippen molar-refractivity contribution in [3.63, 3.8) is 0 Å². The van der Waals surface area contributed by atoms with E-state index in [1.165, 1.54) is 0 Å². The Bertz CT molecular complexity index is 238. The fourth-order valence-electron chi connectivity index (χ4n) is 0.976. The molecule has 96 valence electrons. The largest absolute Gasteiger partial charge is 0.359 e. The van der Waals surface area contributed by atoms with Crippen molar-refractivity contribution < 1.29 is 13.7 Å². The summed E-state index contributed by atoms with van der Waals surface area (Å²) >= 11 is 0.